The van der Waals surface area contributed by atoms with Crippen LogP contribution in [0.2, 0.25) is 0 Å². The molecule has 1 aliphatic rings. The van der Waals surface area contributed by atoms with Crippen LogP contribution in [0.25, 0.3) is 0 Å². The molecule has 1 atom stereocenters. The number of benzene rings is 1. The highest BCUT2D eigenvalue weighted by molar-refractivity contribution is 7.99. The lowest BCUT2D eigenvalue weighted by Gasteiger charge is -2.09. The van der Waals surface area contributed by atoms with Crippen molar-refractivity contribution in [3.8, 4) is 0 Å². The summed E-state index contributed by atoms with van der Waals surface area (Å²) in [5, 5.41) is 3.02. The normalized spacial score (nSPS) is 18.2. The molecule has 0 aliphatic carbocycles. The fourth-order valence-corrected chi connectivity index (χ4v) is 2.66. The minimum atomic E-state index is -4.24. The third kappa shape index (κ3) is 6.89. The van der Waals surface area contributed by atoms with Crippen molar-refractivity contribution in [3.63, 3.8) is 0 Å². The molecule has 21 heavy (non-hydrogen) atoms. The topological polar surface area (TPSA) is 29.1 Å². The first-order valence-corrected chi connectivity index (χ1v) is 7.67. The Morgan fingerprint density at radius 3 is 2.38 bits per heavy atom. The third-order valence-electron chi connectivity index (χ3n) is 2.71. The number of thioether (sulfide) groups is 1. The molecule has 1 amide bonds. The van der Waals surface area contributed by atoms with Gasteiger partial charge in [-0.25, -0.2) is 0 Å². The zero-order valence-corrected chi connectivity index (χ0v) is 13.1. The van der Waals surface area contributed by atoms with E-state index in [4.69, 9.17) is 0 Å². The largest absolute Gasteiger partial charge is 0.416 e. The number of carbonyl (C=O) groups excluding carboxylic acids is 1. The molecule has 0 radical (unpaired) electrons. The van der Waals surface area contributed by atoms with Crippen molar-refractivity contribution in [2.24, 2.45) is 5.92 Å². The second-order valence-corrected chi connectivity index (χ2v) is 6.96. The van der Waals surface area contributed by atoms with Crippen LogP contribution in [-0.2, 0) is 11.0 Å². The lowest BCUT2D eigenvalue weighted by Crippen LogP contribution is -2.13. The van der Waals surface area contributed by atoms with Gasteiger partial charge in [0.1, 0.15) is 0 Å². The monoisotopic (exact) mass is 319 g/mol. The van der Waals surface area contributed by atoms with Gasteiger partial charge in [0.2, 0.25) is 5.91 Å². The van der Waals surface area contributed by atoms with Crippen LogP contribution in [0.3, 0.4) is 0 Å². The van der Waals surface area contributed by atoms with E-state index in [-0.39, 0.29) is 5.91 Å². The number of halogens is 3. The Balaban J connectivity index is 0.000000262. The first-order chi connectivity index (χ1) is 9.68. The van der Waals surface area contributed by atoms with Crippen molar-refractivity contribution in [2.45, 2.75) is 43.5 Å². The molecule has 6 heteroatoms. The molecule has 1 aromatic carbocycles. The molecule has 1 aliphatic heterocycles. The van der Waals surface area contributed by atoms with E-state index in [0.29, 0.717) is 16.1 Å². The van der Waals surface area contributed by atoms with Gasteiger partial charge in [0, 0.05) is 23.1 Å². The Morgan fingerprint density at radius 2 is 2.00 bits per heavy atom. The Bertz CT molecular complexity index is 474. The molecular weight excluding hydrogens is 299 g/mol. The SMILES string of the molecule is CC(C)Sc1cccc(C(F)(F)F)c1.CC1CNC(=O)C1. The Kier molecular flexibility index (Phi) is 6.58. The summed E-state index contributed by atoms with van der Waals surface area (Å²) in [6.45, 7) is 6.84. The summed E-state index contributed by atoms with van der Waals surface area (Å²) < 4.78 is 36.9. The van der Waals surface area contributed by atoms with Gasteiger partial charge >= 0.3 is 6.18 Å². The Labute approximate surface area is 127 Å². The number of hydrogen-bond donors (Lipinski definition) is 1. The highest BCUT2D eigenvalue weighted by atomic mass is 32.2. The van der Waals surface area contributed by atoms with Crippen LogP contribution in [-0.4, -0.2) is 17.7 Å². The van der Waals surface area contributed by atoms with Crippen LogP contribution in [0.15, 0.2) is 29.2 Å². The number of carbonyl (C=O) groups is 1. The van der Waals surface area contributed by atoms with Crippen molar-refractivity contribution in [1.29, 1.82) is 0 Å². The number of hydrogen-bond acceptors (Lipinski definition) is 2. The maximum atomic E-state index is 12.3. The summed E-state index contributed by atoms with van der Waals surface area (Å²) >= 11 is 1.43. The van der Waals surface area contributed by atoms with Gasteiger partial charge in [-0.2, -0.15) is 13.2 Å². The zero-order valence-electron chi connectivity index (χ0n) is 12.3. The molecule has 2 rings (SSSR count). The predicted molar refractivity (Wildman–Crippen MR) is 79.2 cm³/mol. The van der Waals surface area contributed by atoms with E-state index in [1.54, 1.807) is 6.07 Å². The molecule has 118 valence electrons. The van der Waals surface area contributed by atoms with E-state index in [1.165, 1.54) is 23.9 Å². The van der Waals surface area contributed by atoms with Gasteiger partial charge < -0.3 is 5.32 Å². The Hall–Kier alpha value is -1.17. The van der Waals surface area contributed by atoms with Crippen molar-refractivity contribution in [1.82, 2.24) is 5.32 Å². The molecule has 1 unspecified atom stereocenters. The summed E-state index contributed by atoms with van der Waals surface area (Å²) in [5.74, 6) is 0.764. The fraction of sp³-hybridized carbons (Fsp3) is 0.533. The van der Waals surface area contributed by atoms with Gasteiger partial charge in [-0.3, -0.25) is 4.79 Å². The number of amides is 1. The molecular formula is C15H20F3NOS. The van der Waals surface area contributed by atoms with E-state index in [1.807, 2.05) is 13.8 Å². The number of rotatable bonds is 2. The summed E-state index contributed by atoms with van der Waals surface area (Å²) in [6, 6.07) is 5.41. The third-order valence-corrected chi connectivity index (χ3v) is 3.71. The van der Waals surface area contributed by atoms with Crippen LogP contribution in [0, 0.1) is 5.92 Å². The van der Waals surface area contributed by atoms with E-state index in [9.17, 15) is 18.0 Å². The number of alkyl halides is 3. The highest BCUT2D eigenvalue weighted by Gasteiger charge is 2.30. The molecule has 0 saturated carbocycles. The molecule has 1 N–H and O–H groups in total. The molecule has 1 aromatic rings. The standard InChI is InChI=1S/C10H11F3S.C5H9NO/c1-7(2)14-9-5-3-4-8(6-9)10(11,12)13;1-4-2-5(7)6-3-4/h3-7H,1-2H3;4H,2-3H2,1H3,(H,6,7). The van der Waals surface area contributed by atoms with Crippen LogP contribution in [0.4, 0.5) is 13.2 Å². The smallest absolute Gasteiger partial charge is 0.356 e. The molecule has 0 aromatic heterocycles. The highest BCUT2D eigenvalue weighted by Crippen LogP contribution is 2.32. The number of nitrogens with one attached hydrogen (secondary N) is 1. The maximum absolute atomic E-state index is 12.3. The summed E-state index contributed by atoms with van der Waals surface area (Å²) in [5.41, 5.74) is -0.580. The molecule has 1 fully saturated rings. The fourth-order valence-electron chi connectivity index (χ4n) is 1.77. The second-order valence-electron chi connectivity index (χ2n) is 5.31. The zero-order chi connectivity index (χ0) is 16.0. The second kappa shape index (κ2) is 7.73. The molecule has 0 bridgehead atoms. The van der Waals surface area contributed by atoms with Crippen LogP contribution >= 0.6 is 11.8 Å². The van der Waals surface area contributed by atoms with Crippen molar-refractivity contribution in [3.05, 3.63) is 29.8 Å². The van der Waals surface area contributed by atoms with Crippen LogP contribution in [0.1, 0.15) is 32.8 Å². The van der Waals surface area contributed by atoms with Crippen molar-refractivity contribution >= 4 is 17.7 Å². The van der Waals surface area contributed by atoms with E-state index in [0.717, 1.165) is 19.0 Å². The van der Waals surface area contributed by atoms with Crippen molar-refractivity contribution in [2.75, 3.05) is 6.54 Å². The van der Waals surface area contributed by atoms with Crippen LogP contribution in [0.5, 0.6) is 0 Å². The molecule has 1 heterocycles. The minimum Gasteiger partial charge on any atom is -0.356 e. The lowest BCUT2D eigenvalue weighted by molar-refractivity contribution is -0.137. The summed E-state index contributed by atoms with van der Waals surface area (Å²) in [6.07, 6.45) is -3.52. The quantitative estimate of drug-likeness (QED) is 0.821. The summed E-state index contributed by atoms with van der Waals surface area (Å²) in [4.78, 5) is 11.0. The summed E-state index contributed by atoms with van der Waals surface area (Å²) in [7, 11) is 0. The lowest BCUT2D eigenvalue weighted by atomic mass is 10.2. The van der Waals surface area contributed by atoms with Gasteiger partial charge in [0.05, 0.1) is 5.56 Å². The van der Waals surface area contributed by atoms with Crippen molar-refractivity contribution < 1.29 is 18.0 Å². The van der Waals surface area contributed by atoms with Crippen LogP contribution < -0.4 is 5.32 Å². The van der Waals surface area contributed by atoms with E-state index in [2.05, 4.69) is 12.2 Å². The first-order valence-electron chi connectivity index (χ1n) is 6.79. The average molecular weight is 319 g/mol. The molecule has 0 spiro atoms. The average Bonchev–Trinajstić information content (AvgIpc) is 2.72. The molecule has 1 saturated heterocycles. The molecule has 2 nitrogen and oxygen atoms in total. The van der Waals surface area contributed by atoms with E-state index < -0.39 is 11.7 Å². The maximum Gasteiger partial charge on any atom is 0.416 e. The predicted octanol–water partition coefficient (Wildman–Crippen LogP) is 4.35. The minimum absolute atomic E-state index is 0.201. The van der Waals surface area contributed by atoms with Gasteiger partial charge in [-0.1, -0.05) is 26.8 Å². The van der Waals surface area contributed by atoms with Gasteiger partial charge in [-0.15, -0.1) is 11.8 Å². The first kappa shape index (κ1) is 17.9. The van der Waals surface area contributed by atoms with Gasteiger partial charge in [0.25, 0.3) is 0 Å². The Morgan fingerprint density at radius 1 is 1.33 bits per heavy atom. The van der Waals surface area contributed by atoms with Gasteiger partial charge in [-0.05, 0) is 24.1 Å². The van der Waals surface area contributed by atoms with E-state index >= 15 is 0 Å². The van der Waals surface area contributed by atoms with Gasteiger partial charge in [0.15, 0.2) is 0 Å².